The zero-order valence-corrected chi connectivity index (χ0v) is 7.64. The molecule has 1 rings (SSSR count). The van der Waals surface area contributed by atoms with Crippen molar-refractivity contribution in [1.29, 1.82) is 0 Å². The Balaban J connectivity index is 2.80. The quantitative estimate of drug-likeness (QED) is 0.286. The van der Waals surface area contributed by atoms with Crippen LogP contribution in [-0.4, -0.2) is 24.9 Å². The predicted octanol–water partition coefficient (Wildman–Crippen LogP) is 1.13. The Bertz CT molecular complexity index is 342. The molecule has 0 amide bonds. The first kappa shape index (κ1) is 10.3. The second-order valence-electron chi connectivity index (χ2n) is 2.82. The Kier molecular flexibility index (Phi) is 3.25. The summed E-state index contributed by atoms with van der Waals surface area (Å²) in [7, 11) is 1.26. The molecule has 14 heavy (non-hydrogen) atoms. The fourth-order valence-electron chi connectivity index (χ4n) is 1.24. The van der Waals surface area contributed by atoms with Gasteiger partial charge in [-0.3, -0.25) is 4.79 Å². The molecule has 0 spiro atoms. The van der Waals surface area contributed by atoms with Crippen LogP contribution in [0.3, 0.4) is 0 Å². The van der Waals surface area contributed by atoms with E-state index in [9.17, 15) is 9.59 Å². The molecule has 1 aliphatic rings. The third kappa shape index (κ3) is 2.11. The summed E-state index contributed by atoms with van der Waals surface area (Å²) < 4.78 is 4.47. The minimum absolute atomic E-state index is 0.335. The highest BCUT2D eigenvalue weighted by Crippen LogP contribution is 2.19. The van der Waals surface area contributed by atoms with Crippen LogP contribution in [0, 0.1) is 0 Å². The maximum absolute atomic E-state index is 11.3. The molecule has 0 saturated carbocycles. The van der Waals surface area contributed by atoms with Gasteiger partial charge in [0.1, 0.15) is 6.04 Å². The van der Waals surface area contributed by atoms with Crippen LogP contribution in [0.25, 0.3) is 10.4 Å². The second-order valence-corrected chi connectivity index (χ2v) is 2.82. The summed E-state index contributed by atoms with van der Waals surface area (Å²) in [5.41, 5.74) is 8.49. The third-order valence-corrected chi connectivity index (χ3v) is 1.97. The van der Waals surface area contributed by atoms with Crippen LogP contribution in [-0.2, 0) is 14.3 Å². The fourth-order valence-corrected chi connectivity index (χ4v) is 1.24. The smallest absolute Gasteiger partial charge is 0.333 e. The number of rotatable bonds is 2. The Morgan fingerprint density at radius 3 is 3.00 bits per heavy atom. The number of esters is 1. The van der Waals surface area contributed by atoms with Gasteiger partial charge in [0.2, 0.25) is 0 Å². The number of carbonyl (C=O) groups is 2. The first-order valence-electron chi connectivity index (χ1n) is 4.06. The van der Waals surface area contributed by atoms with Gasteiger partial charge in [-0.05, 0) is 24.4 Å². The lowest BCUT2D eigenvalue weighted by Gasteiger charge is -2.14. The van der Waals surface area contributed by atoms with Crippen LogP contribution in [0.15, 0.2) is 16.8 Å². The van der Waals surface area contributed by atoms with E-state index in [1.54, 1.807) is 0 Å². The average Bonchev–Trinajstić information content (AvgIpc) is 2.20. The zero-order chi connectivity index (χ0) is 10.6. The molecule has 6 heteroatoms. The highest BCUT2D eigenvalue weighted by molar-refractivity contribution is 6.03. The molecule has 0 bridgehead atoms. The van der Waals surface area contributed by atoms with E-state index in [0.29, 0.717) is 18.4 Å². The molecule has 1 aliphatic carbocycles. The number of nitrogens with zero attached hydrogens (tertiary/aromatic N) is 3. The number of hydrogen-bond donors (Lipinski definition) is 0. The van der Waals surface area contributed by atoms with Crippen molar-refractivity contribution in [2.75, 3.05) is 7.11 Å². The van der Waals surface area contributed by atoms with Crippen molar-refractivity contribution in [3.05, 3.63) is 22.1 Å². The summed E-state index contributed by atoms with van der Waals surface area (Å²) in [6.07, 6.45) is 1.96. The molecule has 0 aromatic rings. The standard InChI is InChI=1S/C8H9N3O3/c1-14-8(13)5-2-3-6(10-11-9)7(12)4-5/h4,6H,2-3H2,1H3. The largest absolute Gasteiger partial charge is 0.466 e. The van der Waals surface area contributed by atoms with Crippen LogP contribution in [0.1, 0.15) is 12.8 Å². The lowest BCUT2D eigenvalue weighted by molar-refractivity contribution is -0.136. The lowest BCUT2D eigenvalue weighted by Crippen LogP contribution is -2.23. The molecule has 0 N–H and O–H groups in total. The number of azide groups is 1. The van der Waals surface area contributed by atoms with Crippen molar-refractivity contribution in [3.63, 3.8) is 0 Å². The molecule has 0 heterocycles. The first-order chi connectivity index (χ1) is 6.69. The minimum atomic E-state index is -0.673. The molecule has 1 atom stereocenters. The van der Waals surface area contributed by atoms with Gasteiger partial charge in [-0.2, -0.15) is 0 Å². The number of ether oxygens (including phenoxy) is 1. The molecule has 74 valence electrons. The van der Waals surface area contributed by atoms with Gasteiger partial charge in [0.25, 0.3) is 0 Å². The highest BCUT2D eigenvalue weighted by atomic mass is 16.5. The molecular weight excluding hydrogens is 186 g/mol. The second kappa shape index (κ2) is 4.43. The molecule has 0 fully saturated rings. The van der Waals surface area contributed by atoms with E-state index >= 15 is 0 Å². The maximum atomic E-state index is 11.3. The summed E-state index contributed by atoms with van der Waals surface area (Å²) in [6.45, 7) is 0. The SMILES string of the molecule is COC(=O)C1=CC(=O)C(N=[N+]=[N-])CC1. The van der Waals surface area contributed by atoms with Crippen molar-refractivity contribution < 1.29 is 14.3 Å². The summed E-state index contributed by atoms with van der Waals surface area (Å²) >= 11 is 0. The van der Waals surface area contributed by atoms with Crippen molar-refractivity contribution >= 4 is 11.8 Å². The summed E-state index contributed by atoms with van der Waals surface area (Å²) in [5, 5.41) is 3.32. The monoisotopic (exact) mass is 195 g/mol. The predicted molar refractivity (Wildman–Crippen MR) is 47.3 cm³/mol. The zero-order valence-electron chi connectivity index (χ0n) is 7.64. The van der Waals surface area contributed by atoms with E-state index in [-0.39, 0.29) is 5.78 Å². The summed E-state index contributed by atoms with van der Waals surface area (Å²) in [4.78, 5) is 24.9. The summed E-state index contributed by atoms with van der Waals surface area (Å²) in [6, 6.07) is -0.673. The van der Waals surface area contributed by atoms with E-state index in [1.807, 2.05) is 0 Å². The van der Waals surface area contributed by atoms with Crippen LogP contribution in [0.4, 0.5) is 0 Å². The number of ketones is 1. The van der Waals surface area contributed by atoms with Gasteiger partial charge in [-0.1, -0.05) is 5.11 Å². The van der Waals surface area contributed by atoms with Gasteiger partial charge in [-0.15, -0.1) is 0 Å². The molecule has 0 radical (unpaired) electrons. The molecule has 0 saturated heterocycles. The van der Waals surface area contributed by atoms with Crippen molar-refractivity contribution in [1.82, 2.24) is 0 Å². The van der Waals surface area contributed by atoms with Crippen LogP contribution in [0.5, 0.6) is 0 Å². The van der Waals surface area contributed by atoms with Gasteiger partial charge in [0, 0.05) is 10.5 Å². The van der Waals surface area contributed by atoms with E-state index in [4.69, 9.17) is 5.53 Å². The van der Waals surface area contributed by atoms with Crippen molar-refractivity contribution in [2.45, 2.75) is 18.9 Å². The van der Waals surface area contributed by atoms with E-state index in [0.717, 1.165) is 0 Å². The number of hydrogen-bond acceptors (Lipinski definition) is 4. The van der Waals surface area contributed by atoms with E-state index in [1.165, 1.54) is 13.2 Å². The van der Waals surface area contributed by atoms with Gasteiger partial charge >= 0.3 is 5.97 Å². The van der Waals surface area contributed by atoms with Gasteiger partial charge in [0.05, 0.1) is 7.11 Å². The summed E-state index contributed by atoms with van der Waals surface area (Å²) in [5.74, 6) is -0.841. The number of carbonyl (C=O) groups excluding carboxylic acids is 2. The van der Waals surface area contributed by atoms with Crippen LogP contribution >= 0.6 is 0 Å². The first-order valence-corrected chi connectivity index (χ1v) is 4.06. The number of methoxy groups -OCH3 is 1. The fraction of sp³-hybridized carbons (Fsp3) is 0.500. The van der Waals surface area contributed by atoms with E-state index < -0.39 is 12.0 Å². The maximum Gasteiger partial charge on any atom is 0.333 e. The minimum Gasteiger partial charge on any atom is -0.466 e. The molecule has 0 aromatic carbocycles. The molecule has 6 nitrogen and oxygen atoms in total. The van der Waals surface area contributed by atoms with Crippen molar-refractivity contribution in [2.24, 2.45) is 5.11 Å². The third-order valence-electron chi connectivity index (χ3n) is 1.97. The average molecular weight is 195 g/mol. The molecule has 0 aliphatic heterocycles. The normalized spacial score (nSPS) is 20.8. The van der Waals surface area contributed by atoms with Crippen molar-refractivity contribution in [3.8, 4) is 0 Å². The Labute approximate surface area is 80.2 Å². The van der Waals surface area contributed by atoms with Gasteiger partial charge in [-0.25, -0.2) is 4.79 Å². The van der Waals surface area contributed by atoms with Crippen LogP contribution < -0.4 is 0 Å². The molecule has 0 aromatic heterocycles. The van der Waals surface area contributed by atoms with Gasteiger partial charge in [0.15, 0.2) is 5.78 Å². The Morgan fingerprint density at radius 2 is 2.50 bits per heavy atom. The molecular formula is C8H9N3O3. The Hall–Kier alpha value is -1.81. The molecule has 1 unspecified atom stereocenters. The highest BCUT2D eigenvalue weighted by Gasteiger charge is 2.24. The van der Waals surface area contributed by atoms with Gasteiger partial charge < -0.3 is 4.74 Å². The lowest BCUT2D eigenvalue weighted by atomic mass is 9.95. The topological polar surface area (TPSA) is 92.1 Å². The van der Waals surface area contributed by atoms with E-state index in [2.05, 4.69) is 14.8 Å². The Morgan fingerprint density at radius 1 is 1.79 bits per heavy atom. The van der Waals surface area contributed by atoms with Crippen LogP contribution in [0.2, 0.25) is 0 Å².